The molecule has 2 aliphatic rings. The summed E-state index contributed by atoms with van der Waals surface area (Å²) in [5.74, 6) is 0.943. The summed E-state index contributed by atoms with van der Waals surface area (Å²) in [7, 11) is -0.820. The van der Waals surface area contributed by atoms with Gasteiger partial charge in [0.2, 0.25) is 0 Å². The molecule has 0 aromatic rings. The molecule has 159 valence electrons. The zero-order chi connectivity index (χ0) is 18.1. The van der Waals surface area contributed by atoms with Crippen molar-refractivity contribution in [2.24, 2.45) is 16.7 Å². The molecule has 0 aromatic heterocycles. The predicted octanol–water partition coefficient (Wildman–Crippen LogP) is 8.71. The van der Waals surface area contributed by atoms with E-state index in [0.29, 0.717) is 5.41 Å². The topological polar surface area (TPSA) is 0 Å². The van der Waals surface area contributed by atoms with Gasteiger partial charge in [-0.25, -0.2) is 0 Å². The molecule has 0 amide bonds. The summed E-state index contributed by atoms with van der Waals surface area (Å²) in [4.78, 5) is 0. The Morgan fingerprint density at radius 3 is 1.63 bits per heavy atom. The van der Waals surface area contributed by atoms with E-state index < -0.39 is 7.26 Å². The fourth-order valence-electron chi connectivity index (χ4n) is 3.34. The molecule has 0 aliphatic heterocycles. The largest absolute Gasteiger partial charge is 0.358 e. The normalized spacial score (nSPS) is 21.5. The Bertz CT molecular complexity index is 458. The molecular formula is C25H48LaP-3. The molecule has 0 saturated heterocycles. The van der Waals surface area contributed by atoms with Crippen LogP contribution >= 0.6 is 7.26 Å². The summed E-state index contributed by atoms with van der Waals surface area (Å²) in [6, 6.07) is 0. The van der Waals surface area contributed by atoms with Crippen molar-refractivity contribution in [2.45, 2.75) is 66.5 Å². The van der Waals surface area contributed by atoms with Crippen LogP contribution in [0, 0.1) is 81.3 Å². The van der Waals surface area contributed by atoms with Crippen molar-refractivity contribution in [3.63, 3.8) is 0 Å². The summed E-state index contributed by atoms with van der Waals surface area (Å²) >= 11 is 0. The summed E-state index contributed by atoms with van der Waals surface area (Å²) in [5, 5.41) is 0. The monoisotopic (exact) mass is 518 g/mol. The maximum Gasteiger partial charge on any atom is 0.0428 e. The van der Waals surface area contributed by atoms with Crippen molar-refractivity contribution in [3.8, 4) is 0 Å². The molecule has 1 radical (unpaired) electrons. The van der Waals surface area contributed by atoms with Gasteiger partial charge >= 0.3 is 0 Å². The molecule has 2 aliphatic carbocycles. The van der Waals surface area contributed by atoms with Gasteiger partial charge in [-0.05, 0) is 47.2 Å². The van der Waals surface area contributed by atoms with Crippen LogP contribution in [0.1, 0.15) is 60.8 Å². The number of hydrogen-bond donors (Lipinski definition) is 0. The Hall–Kier alpha value is 0.845. The average molecular weight is 519 g/mol. The number of rotatable bonds is 1. The van der Waals surface area contributed by atoms with Crippen molar-refractivity contribution in [3.05, 3.63) is 64.9 Å². The van der Waals surface area contributed by atoms with Crippen molar-refractivity contribution in [1.82, 2.24) is 0 Å². The summed E-state index contributed by atoms with van der Waals surface area (Å²) in [5.41, 5.74) is 4.24. The molecular weight excluding hydrogens is 470 g/mol. The molecule has 2 unspecified atom stereocenters. The first kappa shape index (κ1) is 35.3. The van der Waals surface area contributed by atoms with E-state index >= 15 is 0 Å². The Balaban J connectivity index is -0.000000174. The van der Waals surface area contributed by atoms with Crippen molar-refractivity contribution >= 4 is 7.26 Å². The van der Waals surface area contributed by atoms with Crippen LogP contribution in [0.2, 0.25) is 0 Å². The van der Waals surface area contributed by atoms with Crippen molar-refractivity contribution < 1.29 is 35.6 Å². The molecule has 0 N–H and O–H groups in total. The van der Waals surface area contributed by atoms with E-state index in [4.69, 9.17) is 0 Å². The average Bonchev–Trinajstić information content (AvgIpc) is 2.94. The van der Waals surface area contributed by atoms with Crippen LogP contribution in [0.25, 0.3) is 0 Å². The predicted molar refractivity (Wildman–Crippen MR) is 130 cm³/mol. The molecule has 0 aromatic carbocycles. The molecule has 1 fully saturated rings. The molecule has 0 spiro atoms. The van der Waals surface area contributed by atoms with Gasteiger partial charge in [-0.3, -0.25) is 0 Å². The van der Waals surface area contributed by atoms with Crippen LogP contribution in [0.15, 0.2) is 36.0 Å². The quantitative estimate of drug-likeness (QED) is 0.241. The van der Waals surface area contributed by atoms with Gasteiger partial charge in [0.15, 0.2) is 0 Å². The van der Waals surface area contributed by atoms with E-state index in [1.807, 2.05) is 0 Å². The second kappa shape index (κ2) is 13.2. The second-order valence-corrected chi connectivity index (χ2v) is 14.4. The summed E-state index contributed by atoms with van der Waals surface area (Å²) < 4.78 is 0. The van der Waals surface area contributed by atoms with Crippen LogP contribution in [-0.2, 0) is 0 Å². The SMILES string of the molecule is C=C1C=CC(C(C)(C)C)=C1.[CH2-][P+](C)(C)C1CCC(C(C)(C)C)C1.[CH3-].[CH3-].[CH3-].[La]. The minimum absolute atomic E-state index is 0. The van der Waals surface area contributed by atoms with Crippen molar-refractivity contribution in [2.75, 3.05) is 13.3 Å². The molecule has 2 heteroatoms. The maximum atomic E-state index is 4.38. The Labute approximate surface area is 203 Å². The van der Waals surface area contributed by atoms with Crippen LogP contribution in [0.4, 0.5) is 0 Å². The van der Waals surface area contributed by atoms with Crippen LogP contribution in [-0.4, -0.2) is 19.0 Å². The van der Waals surface area contributed by atoms with Gasteiger partial charge in [0.05, 0.1) is 0 Å². The van der Waals surface area contributed by atoms with Crippen molar-refractivity contribution in [1.29, 1.82) is 0 Å². The first-order valence-electron chi connectivity index (χ1n) is 8.98. The third kappa shape index (κ3) is 12.2. The standard InChI is InChI=1S/C12H25P.C10H14.3CH3.La/c1-12(2,3)10-7-8-11(9-10)13(4,5)6;1-8-5-6-9(7-8)10(2,3)4;;;;/h10-11H,4,7-9H2,1-3,5-6H3;5-7H,1H2,2-4H3;3*1H3;/q;;3*-1;. The third-order valence-corrected chi connectivity index (χ3v) is 7.75. The second-order valence-electron chi connectivity index (χ2n) is 10.1. The van der Waals surface area contributed by atoms with E-state index in [-0.39, 0.29) is 63.3 Å². The molecule has 27 heavy (non-hydrogen) atoms. The van der Waals surface area contributed by atoms with Gasteiger partial charge in [-0.2, -0.15) is 6.66 Å². The van der Waals surface area contributed by atoms with E-state index in [2.05, 4.69) is 86.3 Å². The van der Waals surface area contributed by atoms with E-state index in [1.165, 1.54) is 24.8 Å². The van der Waals surface area contributed by atoms with Gasteiger partial charge < -0.3 is 22.3 Å². The smallest absolute Gasteiger partial charge is 0.0428 e. The van der Waals surface area contributed by atoms with Gasteiger partial charge in [0.25, 0.3) is 0 Å². The third-order valence-electron chi connectivity index (χ3n) is 5.30. The Kier molecular flexibility index (Phi) is 17.3. The van der Waals surface area contributed by atoms with Gasteiger partial charge in [0, 0.05) is 54.6 Å². The first-order chi connectivity index (χ1) is 10.2. The molecule has 2 atom stereocenters. The van der Waals surface area contributed by atoms with Crippen LogP contribution in [0.5, 0.6) is 0 Å². The van der Waals surface area contributed by atoms with Gasteiger partial charge in [0.1, 0.15) is 0 Å². The first-order valence-corrected chi connectivity index (χ1v) is 11.9. The molecule has 2 rings (SSSR count). The molecule has 0 bridgehead atoms. The maximum absolute atomic E-state index is 4.38. The molecule has 0 heterocycles. The molecule has 1 saturated carbocycles. The summed E-state index contributed by atoms with van der Waals surface area (Å²) in [6.45, 7) is 26.8. The fourth-order valence-corrected chi connectivity index (χ4v) is 5.01. The summed E-state index contributed by atoms with van der Waals surface area (Å²) in [6.07, 6.45) is 10.6. The minimum Gasteiger partial charge on any atom is -0.358 e. The fraction of sp³-hybridized carbons (Fsp3) is 0.600. The zero-order valence-electron chi connectivity index (χ0n) is 20.4. The zero-order valence-corrected chi connectivity index (χ0v) is 25.0. The van der Waals surface area contributed by atoms with Crippen LogP contribution < -0.4 is 0 Å². The number of allylic oxidation sites excluding steroid dienone is 5. The van der Waals surface area contributed by atoms with E-state index in [1.54, 1.807) is 0 Å². The van der Waals surface area contributed by atoms with E-state index in [9.17, 15) is 0 Å². The Morgan fingerprint density at radius 1 is 0.963 bits per heavy atom. The number of hydrogen-bond acceptors (Lipinski definition) is 0. The van der Waals surface area contributed by atoms with Gasteiger partial charge in [-0.15, -0.1) is 7.26 Å². The molecule has 0 nitrogen and oxygen atoms in total. The Morgan fingerprint density at radius 2 is 1.44 bits per heavy atom. The van der Waals surface area contributed by atoms with Crippen LogP contribution in [0.3, 0.4) is 0 Å². The van der Waals surface area contributed by atoms with Gasteiger partial charge in [-0.1, -0.05) is 66.3 Å². The minimum atomic E-state index is -0.820. The van der Waals surface area contributed by atoms with E-state index in [0.717, 1.165) is 17.2 Å².